The molecule has 39 heavy (non-hydrogen) atoms. The van der Waals surface area contributed by atoms with Gasteiger partial charge in [0.15, 0.2) is 5.82 Å². The SMILES string of the molecule is COc1ccccc1N1CCN([C@H](c2cc3ccc(C)c(C)c3[nH]c2=O)c2nnnn2C[C@@H]2CCCO2)CC1. The zero-order valence-corrected chi connectivity index (χ0v) is 22.8. The van der Waals surface area contributed by atoms with Crippen molar-refractivity contribution in [1.29, 1.82) is 0 Å². The molecular weight excluding hydrogens is 494 g/mol. The van der Waals surface area contributed by atoms with Crippen LogP contribution in [0.4, 0.5) is 5.69 Å². The molecule has 0 radical (unpaired) electrons. The first-order valence-corrected chi connectivity index (χ1v) is 13.7. The first-order valence-electron chi connectivity index (χ1n) is 13.7. The van der Waals surface area contributed by atoms with E-state index in [1.54, 1.807) is 7.11 Å². The van der Waals surface area contributed by atoms with Crippen LogP contribution in [0.2, 0.25) is 0 Å². The molecule has 10 heteroatoms. The van der Waals surface area contributed by atoms with Gasteiger partial charge in [0.2, 0.25) is 0 Å². The number of piperazine rings is 1. The van der Waals surface area contributed by atoms with Gasteiger partial charge in [-0.15, -0.1) is 5.10 Å². The van der Waals surface area contributed by atoms with E-state index in [-0.39, 0.29) is 11.7 Å². The minimum Gasteiger partial charge on any atom is -0.495 e. The van der Waals surface area contributed by atoms with E-state index in [0.717, 1.165) is 79.1 Å². The number of rotatable bonds is 7. The van der Waals surface area contributed by atoms with Gasteiger partial charge in [-0.2, -0.15) is 0 Å². The van der Waals surface area contributed by atoms with Gasteiger partial charge in [0, 0.05) is 38.3 Å². The normalized spacial score (nSPS) is 19.1. The molecule has 2 atom stereocenters. The maximum absolute atomic E-state index is 13.7. The Morgan fingerprint density at radius 2 is 1.95 bits per heavy atom. The second-order valence-electron chi connectivity index (χ2n) is 10.5. The van der Waals surface area contributed by atoms with E-state index in [4.69, 9.17) is 9.47 Å². The largest absolute Gasteiger partial charge is 0.495 e. The molecule has 2 aliphatic heterocycles. The minimum absolute atomic E-state index is 0.0794. The van der Waals surface area contributed by atoms with Crippen LogP contribution >= 0.6 is 0 Å². The molecule has 2 fully saturated rings. The van der Waals surface area contributed by atoms with Crippen LogP contribution < -0.4 is 15.2 Å². The summed E-state index contributed by atoms with van der Waals surface area (Å²) in [6.45, 7) is 8.49. The van der Waals surface area contributed by atoms with Gasteiger partial charge in [0.05, 0.1) is 31.0 Å². The Kier molecular flexibility index (Phi) is 7.05. The van der Waals surface area contributed by atoms with Crippen LogP contribution in [0, 0.1) is 13.8 Å². The molecule has 2 saturated heterocycles. The fourth-order valence-electron chi connectivity index (χ4n) is 5.87. The summed E-state index contributed by atoms with van der Waals surface area (Å²) in [5.74, 6) is 1.53. The third-order valence-corrected chi connectivity index (χ3v) is 8.18. The highest BCUT2D eigenvalue weighted by Gasteiger charge is 2.34. The lowest BCUT2D eigenvalue weighted by Crippen LogP contribution is -2.49. The molecule has 0 spiro atoms. The van der Waals surface area contributed by atoms with Crippen molar-refractivity contribution >= 4 is 16.6 Å². The Morgan fingerprint density at radius 1 is 1.13 bits per heavy atom. The molecule has 0 amide bonds. The minimum atomic E-state index is -0.393. The number of aromatic nitrogens is 5. The number of H-pyrrole nitrogens is 1. The molecule has 1 N–H and O–H groups in total. The molecule has 2 aliphatic rings. The molecule has 6 rings (SSSR count). The number of pyridine rings is 1. The topological polar surface area (TPSA) is 101 Å². The third-order valence-electron chi connectivity index (χ3n) is 8.18. The fraction of sp³-hybridized carbons (Fsp3) is 0.448. The number of aryl methyl sites for hydroxylation is 2. The Morgan fingerprint density at radius 3 is 2.72 bits per heavy atom. The average Bonchev–Trinajstić information content (AvgIpc) is 3.65. The van der Waals surface area contributed by atoms with Gasteiger partial charge >= 0.3 is 0 Å². The number of hydrogen-bond donors (Lipinski definition) is 1. The molecule has 4 aromatic rings. The number of fused-ring (bicyclic) bond motifs is 1. The molecule has 0 bridgehead atoms. The van der Waals surface area contributed by atoms with E-state index in [1.165, 1.54) is 0 Å². The third kappa shape index (κ3) is 4.90. The standard InChI is InChI=1S/C29H35N7O3/c1-19-10-11-21-17-23(29(37)30-26(21)20(19)2)27(28-31-32-33-36(28)18-22-7-6-16-39-22)35-14-12-34(13-15-35)24-8-4-5-9-25(24)38-3/h4-5,8-11,17,22,27H,6-7,12-16,18H2,1-3H3,(H,30,37)/t22-,27+/m0/s1. The Bertz CT molecular complexity index is 1520. The van der Waals surface area contributed by atoms with Crippen molar-refractivity contribution in [1.82, 2.24) is 30.1 Å². The molecule has 4 heterocycles. The first kappa shape index (κ1) is 25.5. The number of anilines is 1. The van der Waals surface area contributed by atoms with Gasteiger partial charge in [-0.25, -0.2) is 4.68 Å². The van der Waals surface area contributed by atoms with Gasteiger partial charge in [0.1, 0.15) is 11.8 Å². The van der Waals surface area contributed by atoms with Crippen molar-refractivity contribution in [3.8, 4) is 5.75 Å². The van der Waals surface area contributed by atoms with Crippen molar-refractivity contribution in [2.24, 2.45) is 0 Å². The Hall–Kier alpha value is -3.76. The lowest BCUT2D eigenvalue weighted by molar-refractivity contribution is 0.0906. The molecule has 0 aliphatic carbocycles. The molecule has 2 aromatic heterocycles. The summed E-state index contributed by atoms with van der Waals surface area (Å²) < 4.78 is 13.3. The number of para-hydroxylation sites is 2. The van der Waals surface area contributed by atoms with Gasteiger partial charge in [-0.1, -0.05) is 24.3 Å². The number of nitrogens with zero attached hydrogens (tertiary/aromatic N) is 6. The monoisotopic (exact) mass is 529 g/mol. The van der Waals surface area contributed by atoms with Crippen LogP contribution in [-0.4, -0.2) is 76.1 Å². The highest BCUT2D eigenvalue weighted by Crippen LogP contribution is 2.32. The summed E-state index contributed by atoms with van der Waals surface area (Å²) in [6.07, 6.45) is 2.10. The highest BCUT2D eigenvalue weighted by molar-refractivity contribution is 5.83. The summed E-state index contributed by atoms with van der Waals surface area (Å²) in [7, 11) is 1.70. The van der Waals surface area contributed by atoms with Crippen LogP contribution in [0.25, 0.3) is 10.9 Å². The van der Waals surface area contributed by atoms with Crippen molar-refractivity contribution in [2.45, 2.75) is 45.4 Å². The highest BCUT2D eigenvalue weighted by atomic mass is 16.5. The van der Waals surface area contributed by atoms with Crippen molar-refractivity contribution in [2.75, 3.05) is 44.8 Å². The molecule has 2 aromatic carbocycles. The first-order chi connectivity index (χ1) is 19.0. The second-order valence-corrected chi connectivity index (χ2v) is 10.5. The molecule has 0 saturated carbocycles. The zero-order valence-electron chi connectivity index (χ0n) is 22.8. The van der Waals surface area contributed by atoms with Crippen molar-refractivity contribution in [3.63, 3.8) is 0 Å². The Balaban J connectivity index is 1.37. The van der Waals surface area contributed by atoms with E-state index in [9.17, 15) is 4.79 Å². The molecule has 204 valence electrons. The second kappa shape index (κ2) is 10.8. The summed E-state index contributed by atoms with van der Waals surface area (Å²) in [4.78, 5) is 21.5. The summed E-state index contributed by atoms with van der Waals surface area (Å²) in [5, 5.41) is 13.9. The van der Waals surface area contributed by atoms with Gasteiger partial charge in [0.25, 0.3) is 5.56 Å². The van der Waals surface area contributed by atoms with Gasteiger partial charge < -0.3 is 19.4 Å². The predicted molar refractivity (Wildman–Crippen MR) is 149 cm³/mol. The molecule has 10 nitrogen and oxygen atoms in total. The van der Waals surface area contributed by atoms with Crippen LogP contribution in [-0.2, 0) is 11.3 Å². The predicted octanol–water partition coefficient (Wildman–Crippen LogP) is 3.23. The van der Waals surface area contributed by atoms with Gasteiger partial charge in [-0.05, 0) is 71.8 Å². The van der Waals surface area contributed by atoms with Crippen LogP contribution in [0.3, 0.4) is 0 Å². The summed E-state index contributed by atoms with van der Waals surface area (Å²) in [5.41, 5.74) is 4.73. The lowest BCUT2D eigenvalue weighted by atomic mass is 9.99. The van der Waals surface area contributed by atoms with Crippen molar-refractivity contribution in [3.05, 3.63) is 75.3 Å². The van der Waals surface area contributed by atoms with Crippen LogP contribution in [0.15, 0.2) is 47.3 Å². The number of ether oxygens (including phenoxy) is 2. The average molecular weight is 530 g/mol. The molecule has 0 unspecified atom stereocenters. The quantitative estimate of drug-likeness (QED) is 0.390. The van der Waals surface area contributed by atoms with E-state index in [1.807, 2.05) is 35.9 Å². The maximum Gasteiger partial charge on any atom is 0.253 e. The maximum atomic E-state index is 13.7. The Labute approximate surface area is 227 Å². The summed E-state index contributed by atoms with van der Waals surface area (Å²) in [6, 6.07) is 13.9. The summed E-state index contributed by atoms with van der Waals surface area (Å²) >= 11 is 0. The number of aromatic amines is 1. The van der Waals surface area contributed by atoms with E-state index < -0.39 is 6.04 Å². The molecular formula is C29H35N7O3. The van der Waals surface area contributed by atoms with E-state index in [2.05, 4.69) is 55.4 Å². The zero-order chi connectivity index (χ0) is 26.9. The van der Waals surface area contributed by atoms with Crippen LogP contribution in [0.1, 0.15) is 41.4 Å². The van der Waals surface area contributed by atoms with Crippen LogP contribution in [0.5, 0.6) is 5.75 Å². The number of tetrazole rings is 1. The number of hydrogen-bond acceptors (Lipinski definition) is 8. The lowest BCUT2D eigenvalue weighted by Gasteiger charge is -2.40. The van der Waals surface area contributed by atoms with E-state index in [0.29, 0.717) is 17.9 Å². The van der Waals surface area contributed by atoms with Crippen molar-refractivity contribution < 1.29 is 9.47 Å². The smallest absolute Gasteiger partial charge is 0.253 e. The van der Waals surface area contributed by atoms with E-state index >= 15 is 0 Å². The number of nitrogens with one attached hydrogen (secondary N) is 1. The number of benzene rings is 2. The van der Waals surface area contributed by atoms with Gasteiger partial charge in [-0.3, -0.25) is 9.69 Å². The fourth-order valence-corrected chi connectivity index (χ4v) is 5.87. The number of methoxy groups -OCH3 is 1.